The summed E-state index contributed by atoms with van der Waals surface area (Å²) in [6.07, 6.45) is 2.97. The van der Waals surface area contributed by atoms with Crippen LogP contribution in [0.1, 0.15) is 18.4 Å². The fraction of sp³-hybridized carbons (Fsp3) is 0.211. The van der Waals surface area contributed by atoms with E-state index in [9.17, 15) is 17.2 Å². The number of halogens is 2. The average molecular weight is 409 g/mol. The van der Waals surface area contributed by atoms with E-state index in [-0.39, 0.29) is 28.0 Å². The standard InChI is InChI=1S/C19H17F2NO5S/c1-3-28(23,24)13-8-9-15-14(11-13)22-17(26-15)10-7-12-5-4-6-16(25-2)18(12)27-19(20)21/h4-11,19H,3H2,1-2H3/b10-7+. The summed E-state index contributed by atoms with van der Waals surface area (Å²) in [7, 11) is -2.01. The molecule has 0 saturated heterocycles. The number of oxazole rings is 1. The minimum absolute atomic E-state index is 0.0220. The first-order chi connectivity index (χ1) is 13.3. The lowest BCUT2D eigenvalue weighted by atomic mass is 10.1. The van der Waals surface area contributed by atoms with Crippen molar-refractivity contribution in [2.45, 2.75) is 18.4 Å². The van der Waals surface area contributed by atoms with Crippen LogP contribution >= 0.6 is 0 Å². The predicted octanol–water partition coefficient (Wildman–Crippen LogP) is 4.40. The van der Waals surface area contributed by atoms with E-state index in [1.165, 1.54) is 43.5 Å². The van der Waals surface area contributed by atoms with Crippen molar-refractivity contribution >= 4 is 33.1 Å². The second-order valence-corrected chi connectivity index (χ2v) is 7.95. The van der Waals surface area contributed by atoms with Crippen LogP contribution in [-0.4, -0.2) is 32.9 Å². The predicted molar refractivity (Wildman–Crippen MR) is 100 cm³/mol. The van der Waals surface area contributed by atoms with Crippen molar-refractivity contribution in [1.29, 1.82) is 0 Å². The maximum Gasteiger partial charge on any atom is 0.387 e. The molecule has 3 aromatic rings. The van der Waals surface area contributed by atoms with Gasteiger partial charge >= 0.3 is 6.61 Å². The van der Waals surface area contributed by atoms with Crippen LogP contribution in [0.4, 0.5) is 8.78 Å². The van der Waals surface area contributed by atoms with E-state index in [1.54, 1.807) is 19.1 Å². The van der Waals surface area contributed by atoms with Crippen molar-refractivity contribution in [3.05, 3.63) is 47.9 Å². The number of alkyl halides is 2. The first kappa shape index (κ1) is 19.8. The molecule has 0 bridgehead atoms. The number of methoxy groups -OCH3 is 1. The Balaban J connectivity index is 1.96. The number of ether oxygens (including phenoxy) is 2. The highest BCUT2D eigenvalue weighted by molar-refractivity contribution is 7.91. The molecule has 0 atom stereocenters. The molecule has 28 heavy (non-hydrogen) atoms. The van der Waals surface area contributed by atoms with E-state index in [4.69, 9.17) is 9.15 Å². The maximum atomic E-state index is 12.7. The number of hydrogen-bond acceptors (Lipinski definition) is 6. The number of rotatable bonds is 7. The molecule has 0 spiro atoms. The minimum Gasteiger partial charge on any atom is -0.493 e. The number of nitrogens with zero attached hydrogens (tertiary/aromatic N) is 1. The molecule has 0 amide bonds. The van der Waals surface area contributed by atoms with E-state index >= 15 is 0 Å². The lowest BCUT2D eigenvalue weighted by Crippen LogP contribution is -2.04. The monoisotopic (exact) mass is 409 g/mol. The zero-order valence-corrected chi connectivity index (χ0v) is 15.9. The molecular weight excluding hydrogens is 392 g/mol. The number of benzene rings is 2. The van der Waals surface area contributed by atoms with Gasteiger partial charge < -0.3 is 13.9 Å². The Morgan fingerprint density at radius 1 is 1.21 bits per heavy atom. The first-order valence-corrected chi connectivity index (χ1v) is 9.92. The molecule has 0 radical (unpaired) electrons. The van der Waals surface area contributed by atoms with Crippen LogP contribution in [0.5, 0.6) is 11.5 Å². The molecule has 0 N–H and O–H groups in total. The molecule has 0 aliphatic rings. The zero-order chi connectivity index (χ0) is 20.3. The number of fused-ring (bicyclic) bond motifs is 1. The summed E-state index contributed by atoms with van der Waals surface area (Å²) in [5.74, 6) is 0.219. The van der Waals surface area contributed by atoms with E-state index < -0.39 is 16.4 Å². The Labute approximate surface area is 160 Å². The Bertz CT molecular complexity index is 1120. The number of para-hydroxylation sites is 1. The summed E-state index contributed by atoms with van der Waals surface area (Å²) in [5, 5.41) is 0. The highest BCUT2D eigenvalue weighted by atomic mass is 32.2. The van der Waals surface area contributed by atoms with Gasteiger partial charge in [0.05, 0.1) is 17.8 Å². The minimum atomic E-state index is -3.36. The van der Waals surface area contributed by atoms with Crippen LogP contribution in [0.15, 0.2) is 45.7 Å². The Hall–Kier alpha value is -2.94. The van der Waals surface area contributed by atoms with Gasteiger partial charge in [0, 0.05) is 11.6 Å². The largest absolute Gasteiger partial charge is 0.493 e. The number of sulfone groups is 1. The molecule has 0 aliphatic heterocycles. The lowest BCUT2D eigenvalue weighted by Gasteiger charge is -2.12. The second kappa shape index (κ2) is 7.97. The molecular formula is C19H17F2NO5S. The van der Waals surface area contributed by atoms with Crippen molar-refractivity contribution < 1.29 is 31.1 Å². The topological polar surface area (TPSA) is 78.6 Å². The number of aromatic nitrogens is 1. The molecule has 0 aliphatic carbocycles. The van der Waals surface area contributed by atoms with Gasteiger partial charge in [-0.15, -0.1) is 0 Å². The molecule has 1 heterocycles. The fourth-order valence-electron chi connectivity index (χ4n) is 2.56. The maximum absolute atomic E-state index is 12.7. The van der Waals surface area contributed by atoms with Gasteiger partial charge in [-0.25, -0.2) is 13.4 Å². The van der Waals surface area contributed by atoms with E-state index in [0.717, 1.165) is 0 Å². The molecule has 0 saturated carbocycles. The van der Waals surface area contributed by atoms with Crippen LogP contribution in [0.3, 0.4) is 0 Å². The Kier molecular flexibility index (Phi) is 5.64. The van der Waals surface area contributed by atoms with E-state index in [1.807, 2.05) is 0 Å². The third-order valence-electron chi connectivity index (χ3n) is 3.96. The van der Waals surface area contributed by atoms with Gasteiger partial charge in [0.25, 0.3) is 0 Å². The summed E-state index contributed by atoms with van der Waals surface area (Å²) < 4.78 is 64.5. The smallest absolute Gasteiger partial charge is 0.387 e. The van der Waals surface area contributed by atoms with Gasteiger partial charge in [-0.2, -0.15) is 8.78 Å². The van der Waals surface area contributed by atoms with Crippen molar-refractivity contribution in [3.8, 4) is 11.5 Å². The molecule has 148 valence electrons. The summed E-state index contributed by atoms with van der Waals surface area (Å²) in [6.45, 7) is -1.45. The van der Waals surface area contributed by atoms with Gasteiger partial charge in [0.2, 0.25) is 5.89 Å². The van der Waals surface area contributed by atoms with Gasteiger partial charge in [-0.1, -0.05) is 19.1 Å². The van der Waals surface area contributed by atoms with Gasteiger partial charge in [-0.3, -0.25) is 0 Å². The highest BCUT2D eigenvalue weighted by Crippen LogP contribution is 2.33. The van der Waals surface area contributed by atoms with Gasteiger partial charge in [-0.05, 0) is 30.3 Å². The summed E-state index contributed by atoms with van der Waals surface area (Å²) >= 11 is 0. The third kappa shape index (κ3) is 4.14. The molecule has 0 fully saturated rings. The van der Waals surface area contributed by atoms with Gasteiger partial charge in [0.15, 0.2) is 26.9 Å². The third-order valence-corrected chi connectivity index (χ3v) is 5.69. The zero-order valence-electron chi connectivity index (χ0n) is 15.1. The molecule has 6 nitrogen and oxygen atoms in total. The van der Waals surface area contributed by atoms with Crippen molar-refractivity contribution in [2.75, 3.05) is 12.9 Å². The SMILES string of the molecule is CCS(=O)(=O)c1ccc2oc(/C=C/c3cccc(OC)c3OC(F)F)nc2c1. The van der Waals surface area contributed by atoms with Crippen LogP contribution in [0.25, 0.3) is 23.3 Å². The summed E-state index contributed by atoms with van der Waals surface area (Å²) in [4.78, 5) is 4.39. The first-order valence-electron chi connectivity index (χ1n) is 8.27. The van der Waals surface area contributed by atoms with E-state index in [2.05, 4.69) is 9.72 Å². The highest BCUT2D eigenvalue weighted by Gasteiger charge is 2.15. The Morgan fingerprint density at radius 2 is 2.00 bits per heavy atom. The summed E-state index contributed by atoms with van der Waals surface area (Å²) in [6, 6.07) is 9.13. The van der Waals surface area contributed by atoms with Crippen LogP contribution in [0.2, 0.25) is 0 Å². The quantitative estimate of drug-likeness (QED) is 0.575. The normalized spacial score (nSPS) is 12.2. The van der Waals surface area contributed by atoms with Crippen LogP contribution < -0.4 is 9.47 Å². The molecule has 1 aromatic heterocycles. The van der Waals surface area contributed by atoms with Crippen LogP contribution in [-0.2, 0) is 9.84 Å². The van der Waals surface area contributed by atoms with Crippen LogP contribution in [0, 0.1) is 0 Å². The molecule has 3 rings (SSSR count). The van der Waals surface area contributed by atoms with Crippen molar-refractivity contribution in [3.63, 3.8) is 0 Å². The average Bonchev–Trinajstić information content (AvgIpc) is 3.08. The fourth-order valence-corrected chi connectivity index (χ4v) is 3.46. The lowest BCUT2D eigenvalue weighted by molar-refractivity contribution is -0.0513. The molecule has 9 heteroatoms. The van der Waals surface area contributed by atoms with Crippen molar-refractivity contribution in [1.82, 2.24) is 4.98 Å². The van der Waals surface area contributed by atoms with E-state index in [0.29, 0.717) is 16.7 Å². The molecule has 0 unspecified atom stereocenters. The Morgan fingerprint density at radius 3 is 2.68 bits per heavy atom. The second-order valence-electron chi connectivity index (χ2n) is 5.68. The van der Waals surface area contributed by atoms with Gasteiger partial charge in [0.1, 0.15) is 5.52 Å². The summed E-state index contributed by atoms with van der Waals surface area (Å²) in [5.41, 5.74) is 1.13. The number of hydrogen-bond donors (Lipinski definition) is 0. The molecule has 2 aromatic carbocycles. The van der Waals surface area contributed by atoms with Crippen molar-refractivity contribution in [2.24, 2.45) is 0 Å².